The summed E-state index contributed by atoms with van der Waals surface area (Å²) in [5.74, 6) is 1.12. The highest BCUT2D eigenvalue weighted by Crippen LogP contribution is 2.09. The largest absolute Gasteiger partial charge is 0.360 e. The van der Waals surface area contributed by atoms with Crippen LogP contribution in [0.15, 0.2) is 17.3 Å². The SMILES string of the molecule is CC(=N/C=C\CN)N1CCCCC1. The van der Waals surface area contributed by atoms with E-state index in [-0.39, 0.29) is 0 Å². The Morgan fingerprint density at radius 1 is 1.38 bits per heavy atom. The van der Waals surface area contributed by atoms with E-state index in [1.54, 1.807) is 6.20 Å². The summed E-state index contributed by atoms with van der Waals surface area (Å²) in [4.78, 5) is 6.66. The molecule has 1 aliphatic heterocycles. The number of hydrogen-bond donors (Lipinski definition) is 1. The van der Waals surface area contributed by atoms with Crippen molar-refractivity contribution < 1.29 is 0 Å². The maximum absolute atomic E-state index is 5.32. The van der Waals surface area contributed by atoms with Crippen LogP contribution < -0.4 is 5.73 Å². The number of rotatable bonds is 2. The quantitative estimate of drug-likeness (QED) is 0.516. The van der Waals surface area contributed by atoms with Crippen molar-refractivity contribution in [3.8, 4) is 0 Å². The maximum Gasteiger partial charge on any atom is 0.101 e. The Kier molecular flexibility index (Phi) is 4.54. The number of aliphatic imine (C=N–C) groups is 1. The molecule has 1 saturated heterocycles. The van der Waals surface area contributed by atoms with Crippen LogP contribution in [0.25, 0.3) is 0 Å². The van der Waals surface area contributed by atoms with Gasteiger partial charge in [-0.2, -0.15) is 0 Å². The van der Waals surface area contributed by atoms with Crippen LogP contribution in [0, 0.1) is 0 Å². The molecule has 0 spiro atoms. The molecule has 1 aliphatic rings. The molecule has 74 valence electrons. The first-order valence-corrected chi connectivity index (χ1v) is 4.99. The van der Waals surface area contributed by atoms with E-state index in [0.29, 0.717) is 6.54 Å². The molecule has 1 heterocycles. The zero-order valence-electron chi connectivity index (χ0n) is 8.37. The standard InChI is InChI=1S/C10H19N3/c1-10(12-7-5-6-11)13-8-3-2-4-9-13/h5,7H,2-4,6,8-9,11H2,1H3/b7-5-,12-10?. The number of nitrogens with zero attached hydrogens (tertiary/aromatic N) is 2. The van der Waals surface area contributed by atoms with E-state index in [9.17, 15) is 0 Å². The molecule has 1 fully saturated rings. The minimum absolute atomic E-state index is 0.566. The highest BCUT2D eigenvalue weighted by atomic mass is 15.2. The lowest BCUT2D eigenvalue weighted by molar-refractivity contribution is 0.340. The first kappa shape index (κ1) is 10.3. The van der Waals surface area contributed by atoms with Gasteiger partial charge in [-0.1, -0.05) is 6.08 Å². The molecule has 2 N–H and O–H groups in total. The van der Waals surface area contributed by atoms with Crippen molar-refractivity contribution in [3.63, 3.8) is 0 Å². The van der Waals surface area contributed by atoms with Gasteiger partial charge >= 0.3 is 0 Å². The number of nitrogens with two attached hydrogens (primary N) is 1. The van der Waals surface area contributed by atoms with Gasteiger partial charge in [-0.15, -0.1) is 0 Å². The Labute approximate surface area is 80.3 Å². The van der Waals surface area contributed by atoms with Gasteiger partial charge in [0.05, 0.1) is 0 Å². The summed E-state index contributed by atoms with van der Waals surface area (Å²) < 4.78 is 0. The van der Waals surface area contributed by atoms with Crippen molar-refractivity contribution in [2.24, 2.45) is 10.7 Å². The van der Waals surface area contributed by atoms with Gasteiger partial charge in [-0.25, -0.2) is 4.99 Å². The van der Waals surface area contributed by atoms with Crippen LogP contribution in [0.3, 0.4) is 0 Å². The van der Waals surface area contributed by atoms with Crippen LogP contribution in [0.2, 0.25) is 0 Å². The lowest BCUT2D eigenvalue weighted by Gasteiger charge is -2.27. The molecule has 3 heteroatoms. The van der Waals surface area contributed by atoms with Gasteiger partial charge in [-0.3, -0.25) is 0 Å². The fraction of sp³-hybridized carbons (Fsp3) is 0.700. The molecule has 1 rings (SSSR count). The van der Waals surface area contributed by atoms with E-state index in [2.05, 4.69) is 16.8 Å². The zero-order chi connectivity index (χ0) is 9.52. The van der Waals surface area contributed by atoms with Crippen molar-refractivity contribution in [1.82, 2.24) is 4.90 Å². The van der Waals surface area contributed by atoms with Crippen molar-refractivity contribution in [3.05, 3.63) is 12.3 Å². The molecular formula is C10H19N3. The van der Waals surface area contributed by atoms with E-state index >= 15 is 0 Å². The Balaban J connectivity index is 2.39. The molecule has 0 amide bonds. The monoisotopic (exact) mass is 181 g/mol. The minimum atomic E-state index is 0.566. The van der Waals surface area contributed by atoms with E-state index in [1.807, 2.05) is 6.08 Å². The molecule has 0 aromatic rings. The average molecular weight is 181 g/mol. The van der Waals surface area contributed by atoms with Gasteiger partial charge in [0, 0.05) is 25.8 Å². The molecule has 0 radical (unpaired) electrons. The van der Waals surface area contributed by atoms with Crippen LogP contribution in [0.4, 0.5) is 0 Å². The van der Waals surface area contributed by atoms with Gasteiger partial charge in [-0.05, 0) is 26.2 Å². The second-order valence-electron chi connectivity index (χ2n) is 3.34. The molecule has 0 unspecified atom stereocenters. The van der Waals surface area contributed by atoms with Crippen molar-refractivity contribution in [2.45, 2.75) is 26.2 Å². The molecule has 0 saturated carbocycles. The summed E-state index contributed by atoms with van der Waals surface area (Å²) in [6.07, 6.45) is 7.63. The summed E-state index contributed by atoms with van der Waals surface area (Å²) in [6, 6.07) is 0. The molecule has 0 aliphatic carbocycles. The molecule has 0 atom stereocenters. The van der Waals surface area contributed by atoms with Gasteiger partial charge in [0.1, 0.15) is 5.84 Å². The molecule has 13 heavy (non-hydrogen) atoms. The third kappa shape index (κ3) is 3.59. The molecular weight excluding hydrogens is 162 g/mol. The minimum Gasteiger partial charge on any atom is -0.360 e. The third-order valence-electron chi connectivity index (χ3n) is 2.32. The first-order chi connectivity index (χ1) is 6.34. The number of hydrogen-bond acceptors (Lipinski definition) is 2. The molecule has 0 aromatic carbocycles. The van der Waals surface area contributed by atoms with Gasteiger partial charge in [0.15, 0.2) is 0 Å². The van der Waals surface area contributed by atoms with Gasteiger partial charge in [0.2, 0.25) is 0 Å². The third-order valence-corrected chi connectivity index (χ3v) is 2.32. The summed E-state index contributed by atoms with van der Waals surface area (Å²) >= 11 is 0. The Morgan fingerprint density at radius 3 is 2.69 bits per heavy atom. The highest BCUT2D eigenvalue weighted by molar-refractivity contribution is 5.80. The molecule has 0 bridgehead atoms. The fourth-order valence-electron chi connectivity index (χ4n) is 1.52. The molecule has 3 nitrogen and oxygen atoms in total. The fourth-order valence-corrected chi connectivity index (χ4v) is 1.52. The summed E-state index contributed by atoms with van der Waals surface area (Å²) in [5.41, 5.74) is 5.32. The van der Waals surface area contributed by atoms with E-state index in [0.717, 1.165) is 18.9 Å². The van der Waals surface area contributed by atoms with Crippen LogP contribution in [-0.4, -0.2) is 30.4 Å². The van der Waals surface area contributed by atoms with Crippen LogP contribution in [0.1, 0.15) is 26.2 Å². The van der Waals surface area contributed by atoms with Crippen molar-refractivity contribution in [1.29, 1.82) is 0 Å². The van der Waals surface area contributed by atoms with Gasteiger partial charge < -0.3 is 10.6 Å². The van der Waals surface area contributed by atoms with E-state index < -0.39 is 0 Å². The summed E-state index contributed by atoms with van der Waals surface area (Å²) in [5, 5.41) is 0. The highest BCUT2D eigenvalue weighted by Gasteiger charge is 2.09. The van der Waals surface area contributed by atoms with E-state index in [4.69, 9.17) is 5.73 Å². The van der Waals surface area contributed by atoms with E-state index in [1.165, 1.54) is 19.3 Å². The summed E-state index contributed by atoms with van der Waals surface area (Å²) in [7, 11) is 0. The molecule has 0 aromatic heterocycles. The zero-order valence-corrected chi connectivity index (χ0v) is 8.37. The lowest BCUT2D eigenvalue weighted by atomic mass is 10.1. The van der Waals surface area contributed by atoms with Crippen LogP contribution in [0.5, 0.6) is 0 Å². The smallest absolute Gasteiger partial charge is 0.101 e. The first-order valence-electron chi connectivity index (χ1n) is 4.99. The number of likely N-dealkylation sites (tertiary alicyclic amines) is 1. The topological polar surface area (TPSA) is 41.6 Å². The van der Waals surface area contributed by atoms with Crippen LogP contribution >= 0.6 is 0 Å². The van der Waals surface area contributed by atoms with Gasteiger partial charge in [0.25, 0.3) is 0 Å². The second kappa shape index (κ2) is 5.75. The van der Waals surface area contributed by atoms with Crippen molar-refractivity contribution >= 4 is 5.84 Å². The Hall–Kier alpha value is -0.830. The Morgan fingerprint density at radius 2 is 2.08 bits per heavy atom. The predicted molar refractivity (Wildman–Crippen MR) is 56.7 cm³/mol. The van der Waals surface area contributed by atoms with Crippen LogP contribution in [-0.2, 0) is 0 Å². The van der Waals surface area contributed by atoms with Crippen molar-refractivity contribution in [2.75, 3.05) is 19.6 Å². The Bertz CT molecular complexity index is 190. The number of piperidine rings is 1. The average Bonchev–Trinajstić information content (AvgIpc) is 2.19. The second-order valence-corrected chi connectivity index (χ2v) is 3.34. The lowest BCUT2D eigenvalue weighted by Crippen LogP contribution is -2.33. The predicted octanol–water partition coefficient (Wildman–Crippen LogP) is 1.36. The number of amidine groups is 1. The normalized spacial score (nSPS) is 19.8. The maximum atomic E-state index is 5.32. The summed E-state index contributed by atoms with van der Waals surface area (Å²) in [6.45, 7) is 4.94.